The summed E-state index contributed by atoms with van der Waals surface area (Å²) in [5.74, 6) is 0.352. The molecule has 0 radical (unpaired) electrons. The zero-order chi connectivity index (χ0) is 13.0. The van der Waals surface area contributed by atoms with Gasteiger partial charge in [-0.3, -0.25) is 10.1 Å². The van der Waals surface area contributed by atoms with E-state index in [1.54, 1.807) is 0 Å². The second kappa shape index (κ2) is 5.86. The Labute approximate surface area is 108 Å². The molecule has 0 aliphatic carbocycles. The third-order valence-electron chi connectivity index (χ3n) is 2.40. The standard InChI is InChI=1S/C11H15BrN2O3/c1-7(2)9(12)6-13-10-4-3-8(14(16)17)5-11(10)15/h3-5,7,9,13,15H,6H2,1-2H3. The molecule has 1 unspecified atom stereocenters. The van der Waals surface area contributed by atoms with Gasteiger partial charge in [0.15, 0.2) is 0 Å². The van der Waals surface area contributed by atoms with E-state index in [4.69, 9.17) is 0 Å². The molecule has 1 aromatic rings. The average Bonchev–Trinajstić information content (AvgIpc) is 2.26. The Kier molecular flexibility index (Phi) is 4.74. The van der Waals surface area contributed by atoms with E-state index in [0.29, 0.717) is 18.2 Å². The molecule has 0 saturated carbocycles. The summed E-state index contributed by atoms with van der Waals surface area (Å²) < 4.78 is 0. The second-order valence-electron chi connectivity index (χ2n) is 4.10. The van der Waals surface area contributed by atoms with Crippen molar-refractivity contribution < 1.29 is 10.0 Å². The van der Waals surface area contributed by atoms with Gasteiger partial charge < -0.3 is 10.4 Å². The van der Waals surface area contributed by atoms with Crippen LogP contribution in [0.2, 0.25) is 0 Å². The van der Waals surface area contributed by atoms with Crippen molar-refractivity contribution in [1.82, 2.24) is 0 Å². The average molecular weight is 303 g/mol. The number of benzene rings is 1. The molecule has 5 nitrogen and oxygen atoms in total. The Hall–Kier alpha value is -1.30. The largest absolute Gasteiger partial charge is 0.506 e. The predicted octanol–water partition coefficient (Wildman–Crippen LogP) is 3.13. The molecule has 94 valence electrons. The third kappa shape index (κ3) is 3.89. The molecule has 1 aromatic carbocycles. The van der Waals surface area contributed by atoms with Crippen molar-refractivity contribution in [3.63, 3.8) is 0 Å². The highest BCUT2D eigenvalue weighted by atomic mass is 79.9. The molecule has 1 atom stereocenters. The molecule has 0 aliphatic heterocycles. The van der Waals surface area contributed by atoms with Crippen LogP contribution in [-0.2, 0) is 0 Å². The topological polar surface area (TPSA) is 75.4 Å². The Bertz CT molecular complexity index is 410. The van der Waals surface area contributed by atoms with Crippen molar-refractivity contribution in [2.75, 3.05) is 11.9 Å². The third-order valence-corrected chi connectivity index (χ3v) is 3.78. The minimum atomic E-state index is -0.537. The highest BCUT2D eigenvalue weighted by molar-refractivity contribution is 9.09. The first-order valence-corrected chi connectivity index (χ1v) is 6.18. The van der Waals surface area contributed by atoms with E-state index >= 15 is 0 Å². The first kappa shape index (κ1) is 13.8. The van der Waals surface area contributed by atoms with Gasteiger partial charge in [0.1, 0.15) is 5.75 Å². The zero-order valence-electron chi connectivity index (χ0n) is 9.68. The van der Waals surface area contributed by atoms with E-state index in [0.717, 1.165) is 6.07 Å². The maximum atomic E-state index is 10.5. The van der Waals surface area contributed by atoms with E-state index in [1.165, 1.54) is 12.1 Å². The molecule has 0 fully saturated rings. The molecule has 0 amide bonds. The summed E-state index contributed by atoms with van der Waals surface area (Å²) in [5.41, 5.74) is 0.382. The summed E-state index contributed by atoms with van der Waals surface area (Å²) >= 11 is 3.51. The number of hydrogen-bond donors (Lipinski definition) is 2. The highest BCUT2D eigenvalue weighted by Gasteiger charge is 2.12. The lowest BCUT2D eigenvalue weighted by molar-refractivity contribution is -0.384. The number of anilines is 1. The number of aromatic hydroxyl groups is 1. The van der Waals surface area contributed by atoms with Crippen LogP contribution in [0.15, 0.2) is 18.2 Å². The van der Waals surface area contributed by atoms with Crippen LogP contribution in [0, 0.1) is 16.0 Å². The maximum Gasteiger partial charge on any atom is 0.273 e. The number of rotatable bonds is 5. The number of non-ortho nitro benzene ring substituents is 1. The van der Waals surface area contributed by atoms with Crippen LogP contribution in [-0.4, -0.2) is 21.4 Å². The molecule has 0 heterocycles. The lowest BCUT2D eigenvalue weighted by atomic mass is 10.1. The van der Waals surface area contributed by atoms with Crippen LogP contribution in [0.5, 0.6) is 5.75 Å². The van der Waals surface area contributed by atoms with E-state index in [1.807, 2.05) is 0 Å². The number of nitrogens with zero attached hydrogens (tertiary/aromatic N) is 1. The fourth-order valence-electron chi connectivity index (χ4n) is 1.23. The summed E-state index contributed by atoms with van der Waals surface area (Å²) in [6.07, 6.45) is 0. The smallest absolute Gasteiger partial charge is 0.273 e. The van der Waals surface area contributed by atoms with Gasteiger partial charge in [-0.1, -0.05) is 29.8 Å². The van der Waals surface area contributed by atoms with Gasteiger partial charge in [0, 0.05) is 17.4 Å². The van der Waals surface area contributed by atoms with Crippen LogP contribution in [0.4, 0.5) is 11.4 Å². The van der Waals surface area contributed by atoms with Crippen LogP contribution < -0.4 is 5.32 Å². The van der Waals surface area contributed by atoms with Crippen molar-refractivity contribution in [3.05, 3.63) is 28.3 Å². The number of nitro groups is 1. The Balaban J connectivity index is 2.70. The Morgan fingerprint density at radius 3 is 2.65 bits per heavy atom. The minimum Gasteiger partial charge on any atom is -0.506 e. The number of phenolic OH excluding ortho intramolecular Hbond substituents is 1. The van der Waals surface area contributed by atoms with Gasteiger partial charge in [-0.05, 0) is 12.0 Å². The molecule has 0 saturated heterocycles. The molecule has 6 heteroatoms. The van der Waals surface area contributed by atoms with E-state index in [9.17, 15) is 15.2 Å². The normalized spacial score (nSPS) is 12.5. The SMILES string of the molecule is CC(C)C(Br)CNc1ccc([N+](=O)[O-])cc1O. The van der Waals surface area contributed by atoms with Gasteiger partial charge in [0.05, 0.1) is 16.7 Å². The molecule has 2 N–H and O–H groups in total. The van der Waals surface area contributed by atoms with Gasteiger partial charge >= 0.3 is 0 Å². The summed E-state index contributed by atoms with van der Waals surface area (Å²) in [5, 5.41) is 23.1. The quantitative estimate of drug-likeness (QED) is 0.379. The first-order valence-electron chi connectivity index (χ1n) is 5.27. The lowest BCUT2D eigenvalue weighted by Gasteiger charge is -2.15. The fourth-order valence-corrected chi connectivity index (χ4v) is 1.39. The molecule has 0 aliphatic rings. The Morgan fingerprint density at radius 2 is 2.18 bits per heavy atom. The summed E-state index contributed by atoms with van der Waals surface area (Å²) in [4.78, 5) is 10.2. The van der Waals surface area contributed by atoms with Gasteiger partial charge in [-0.15, -0.1) is 0 Å². The lowest BCUT2D eigenvalue weighted by Crippen LogP contribution is -2.19. The zero-order valence-corrected chi connectivity index (χ0v) is 11.3. The molecule has 1 rings (SSSR count). The first-order chi connectivity index (χ1) is 7.91. The molecular formula is C11H15BrN2O3. The highest BCUT2D eigenvalue weighted by Crippen LogP contribution is 2.28. The summed E-state index contributed by atoms with van der Waals surface area (Å²) in [6.45, 7) is 4.80. The number of halogens is 1. The number of alkyl halides is 1. The van der Waals surface area contributed by atoms with Crippen molar-refractivity contribution in [1.29, 1.82) is 0 Å². The van der Waals surface area contributed by atoms with Crippen molar-refractivity contribution in [3.8, 4) is 5.75 Å². The maximum absolute atomic E-state index is 10.5. The number of nitro benzene ring substituents is 1. The summed E-state index contributed by atoms with van der Waals surface area (Å²) in [7, 11) is 0. The van der Waals surface area contributed by atoms with Crippen LogP contribution in [0.3, 0.4) is 0 Å². The molecule has 0 bridgehead atoms. The van der Waals surface area contributed by atoms with Crippen LogP contribution >= 0.6 is 15.9 Å². The van der Waals surface area contributed by atoms with Gasteiger partial charge in [0.2, 0.25) is 0 Å². The Morgan fingerprint density at radius 1 is 1.53 bits per heavy atom. The summed E-state index contributed by atoms with van der Waals surface area (Å²) in [6, 6.07) is 4.01. The minimum absolute atomic E-state index is 0.109. The number of hydrogen-bond acceptors (Lipinski definition) is 4. The van der Waals surface area contributed by atoms with E-state index in [2.05, 4.69) is 35.1 Å². The molecular weight excluding hydrogens is 288 g/mol. The monoisotopic (exact) mass is 302 g/mol. The van der Waals surface area contributed by atoms with E-state index < -0.39 is 4.92 Å². The van der Waals surface area contributed by atoms with Crippen LogP contribution in [0.25, 0.3) is 0 Å². The number of nitrogens with one attached hydrogen (secondary N) is 1. The van der Waals surface area contributed by atoms with Crippen molar-refractivity contribution in [2.45, 2.75) is 18.7 Å². The van der Waals surface area contributed by atoms with E-state index in [-0.39, 0.29) is 16.3 Å². The number of phenols is 1. The molecule has 0 spiro atoms. The van der Waals surface area contributed by atoms with Crippen molar-refractivity contribution >= 4 is 27.3 Å². The van der Waals surface area contributed by atoms with Crippen molar-refractivity contribution in [2.24, 2.45) is 5.92 Å². The van der Waals surface area contributed by atoms with Gasteiger partial charge in [0.25, 0.3) is 5.69 Å². The molecule has 0 aromatic heterocycles. The second-order valence-corrected chi connectivity index (χ2v) is 5.28. The van der Waals surface area contributed by atoms with Crippen LogP contribution in [0.1, 0.15) is 13.8 Å². The predicted molar refractivity (Wildman–Crippen MR) is 70.8 cm³/mol. The fraction of sp³-hybridized carbons (Fsp3) is 0.455. The van der Waals surface area contributed by atoms with Gasteiger partial charge in [-0.25, -0.2) is 0 Å². The molecule has 17 heavy (non-hydrogen) atoms. The van der Waals surface area contributed by atoms with Gasteiger partial charge in [-0.2, -0.15) is 0 Å².